The molecule has 0 aliphatic rings. The molecule has 1 atom stereocenters. The summed E-state index contributed by atoms with van der Waals surface area (Å²) in [6.45, 7) is 0.686. The third-order valence-electron chi connectivity index (χ3n) is 3.39. The Hall–Kier alpha value is -2.15. The SMILES string of the molecule is Cc1ccc(OC(C)C(=O)NCc2cc(Br)ccc2OC(F)F)cc1. The van der Waals surface area contributed by atoms with Crippen LogP contribution in [0.1, 0.15) is 18.1 Å². The van der Waals surface area contributed by atoms with Gasteiger partial charge in [0, 0.05) is 16.6 Å². The number of amides is 1. The molecule has 0 bridgehead atoms. The lowest BCUT2D eigenvalue weighted by molar-refractivity contribution is -0.127. The molecule has 0 saturated heterocycles. The molecule has 0 aliphatic carbocycles. The predicted octanol–water partition coefficient (Wildman–Crippen LogP) is 4.44. The first-order chi connectivity index (χ1) is 11.8. The summed E-state index contributed by atoms with van der Waals surface area (Å²) in [7, 11) is 0. The Bertz CT molecular complexity index is 723. The third-order valence-corrected chi connectivity index (χ3v) is 3.89. The Balaban J connectivity index is 1.96. The van der Waals surface area contributed by atoms with Crippen LogP contribution >= 0.6 is 15.9 Å². The van der Waals surface area contributed by atoms with Crippen LogP contribution in [-0.4, -0.2) is 18.6 Å². The van der Waals surface area contributed by atoms with Crippen LogP contribution in [0.3, 0.4) is 0 Å². The number of carbonyl (C=O) groups excluding carboxylic acids is 1. The third kappa shape index (κ3) is 6.01. The summed E-state index contributed by atoms with van der Waals surface area (Å²) in [5, 5.41) is 2.66. The molecule has 2 aromatic rings. The standard InChI is InChI=1S/C18H18BrF2NO3/c1-11-3-6-15(7-4-11)24-12(2)17(23)22-10-13-9-14(19)5-8-16(13)25-18(20)21/h3-9,12,18H,10H2,1-2H3,(H,22,23). The van der Waals surface area contributed by atoms with Crippen LogP contribution in [0.2, 0.25) is 0 Å². The number of ether oxygens (including phenoxy) is 2. The quantitative estimate of drug-likeness (QED) is 0.729. The Kier molecular flexibility index (Phi) is 6.75. The van der Waals surface area contributed by atoms with Gasteiger partial charge in [0.05, 0.1) is 0 Å². The van der Waals surface area contributed by atoms with E-state index >= 15 is 0 Å². The fourth-order valence-corrected chi connectivity index (χ4v) is 2.51. The molecule has 7 heteroatoms. The molecule has 1 unspecified atom stereocenters. The number of nitrogens with one attached hydrogen (secondary N) is 1. The lowest BCUT2D eigenvalue weighted by Crippen LogP contribution is -2.36. The molecular formula is C18H18BrF2NO3. The maximum atomic E-state index is 12.5. The average Bonchev–Trinajstić information content (AvgIpc) is 2.56. The van der Waals surface area contributed by atoms with Crippen molar-refractivity contribution in [2.24, 2.45) is 0 Å². The first-order valence-corrected chi connectivity index (χ1v) is 8.38. The highest BCUT2D eigenvalue weighted by Gasteiger charge is 2.16. The zero-order valence-electron chi connectivity index (χ0n) is 13.8. The summed E-state index contributed by atoms with van der Waals surface area (Å²) < 4.78 is 35.6. The second-order valence-corrected chi connectivity index (χ2v) is 6.34. The van der Waals surface area contributed by atoms with E-state index in [0.717, 1.165) is 5.56 Å². The van der Waals surface area contributed by atoms with E-state index in [0.29, 0.717) is 15.8 Å². The van der Waals surface area contributed by atoms with Crippen LogP contribution < -0.4 is 14.8 Å². The second kappa shape index (κ2) is 8.80. The van der Waals surface area contributed by atoms with Gasteiger partial charge in [-0.1, -0.05) is 33.6 Å². The van der Waals surface area contributed by atoms with E-state index in [2.05, 4.69) is 26.0 Å². The van der Waals surface area contributed by atoms with Crippen molar-refractivity contribution >= 4 is 21.8 Å². The monoisotopic (exact) mass is 413 g/mol. The van der Waals surface area contributed by atoms with Gasteiger partial charge in [0.15, 0.2) is 6.10 Å². The van der Waals surface area contributed by atoms with Gasteiger partial charge in [-0.25, -0.2) is 0 Å². The Morgan fingerprint density at radius 1 is 1.16 bits per heavy atom. The van der Waals surface area contributed by atoms with Gasteiger partial charge >= 0.3 is 6.61 Å². The fourth-order valence-electron chi connectivity index (χ4n) is 2.10. The number of rotatable bonds is 7. The number of halogens is 3. The minimum Gasteiger partial charge on any atom is -0.481 e. The zero-order valence-corrected chi connectivity index (χ0v) is 15.3. The van der Waals surface area contributed by atoms with Crippen LogP contribution in [0.5, 0.6) is 11.5 Å². The van der Waals surface area contributed by atoms with Gasteiger partial charge in [-0.05, 0) is 44.2 Å². The van der Waals surface area contributed by atoms with Gasteiger partial charge in [-0.15, -0.1) is 0 Å². The number of carbonyl (C=O) groups is 1. The van der Waals surface area contributed by atoms with Crippen molar-refractivity contribution in [1.82, 2.24) is 5.32 Å². The molecule has 4 nitrogen and oxygen atoms in total. The lowest BCUT2D eigenvalue weighted by atomic mass is 10.2. The van der Waals surface area contributed by atoms with Gasteiger partial charge in [-0.2, -0.15) is 8.78 Å². The van der Waals surface area contributed by atoms with Crippen LogP contribution in [0, 0.1) is 6.92 Å². The van der Waals surface area contributed by atoms with Crippen molar-refractivity contribution in [2.45, 2.75) is 33.1 Å². The van der Waals surface area contributed by atoms with Gasteiger partial charge < -0.3 is 14.8 Å². The van der Waals surface area contributed by atoms with E-state index in [-0.39, 0.29) is 18.2 Å². The Morgan fingerprint density at radius 2 is 1.84 bits per heavy atom. The van der Waals surface area contributed by atoms with E-state index in [1.165, 1.54) is 6.07 Å². The molecule has 0 aromatic heterocycles. The number of hydrogen-bond acceptors (Lipinski definition) is 3. The number of hydrogen-bond donors (Lipinski definition) is 1. The highest BCUT2D eigenvalue weighted by atomic mass is 79.9. The smallest absolute Gasteiger partial charge is 0.387 e. The molecule has 2 rings (SSSR count). The number of benzene rings is 2. The van der Waals surface area contributed by atoms with Gasteiger partial charge in [0.25, 0.3) is 5.91 Å². The van der Waals surface area contributed by atoms with Crippen molar-refractivity contribution in [2.75, 3.05) is 0 Å². The summed E-state index contributed by atoms with van der Waals surface area (Å²) >= 11 is 3.27. The maximum absolute atomic E-state index is 12.5. The second-order valence-electron chi connectivity index (χ2n) is 5.42. The largest absolute Gasteiger partial charge is 0.481 e. The van der Waals surface area contributed by atoms with Gasteiger partial charge in [0.1, 0.15) is 11.5 Å². The molecule has 134 valence electrons. The van der Waals surface area contributed by atoms with E-state index < -0.39 is 12.7 Å². The van der Waals surface area contributed by atoms with E-state index in [1.54, 1.807) is 31.2 Å². The molecule has 2 aromatic carbocycles. The van der Waals surface area contributed by atoms with Crippen LogP contribution in [-0.2, 0) is 11.3 Å². The van der Waals surface area contributed by atoms with Gasteiger partial charge in [0.2, 0.25) is 0 Å². The minimum atomic E-state index is -2.93. The van der Waals surface area contributed by atoms with Crippen molar-refractivity contribution in [1.29, 1.82) is 0 Å². The molecule has 0 fully saturated rings. The molecule has 0 heterocycles. The first kappa shape index (κ1) is 19.2. The van der Waals surface area contributed by atoms with Crippen molar-refractivity contribution in [3.63, 3.8) is 0 Å². The summed E-state index contributed by atoms with van der Waals surface area (Å²) in [6, 6.07) is 12.0. The van der Waals surface area contributed by atoms with Crippen molar-refractivity contribution < 1.29 is 23.0 Å². The number of aryl methyl sites for hydroxylation is 1. The molecule has 25 heavy (non-hydrogen) atoms. The molecule has 0 saturated carbocycles. The summed E-state index contributed by atoms with van der Waals surface area (Å²) in [4.78, 5) is 12.2. The molecule has 0 spiro atoms. The normalized spacial score (nSPS) is 11.9. The van der Waals surface area contributed by atoms with E-state index in [4.69, 9.17) is 4.74 Å². The Morgan fingerprint density at radius 3 is 2.48 bits per heavy atom. The average molecular weight is 414 g/mol. The van der Waals surface area contributed by atoms with Crippen LogP contribution in [0.4, 0.5) is 8.78 Å². The van der Waals surface area contributed by atoms with E-state index in [9.17, 15) is 13.6 Å². The Labute approximate surface area is 153 Å². The zero-order chi connectivity index (χ0) is 18.4. The number of alkyl halides is 2. The lowest BCUT2D eigenvalue weighted by Gasteiger charge is -2.16. The molecule has 0 radical (unpaired) electrons. The molecule has 0 aliphatic heterocycles. The van der Waals surface area contributed by atoms with Crippen LogP contribution in [0.15, 0.2) is 46.9 Å². The molecular weight excluding hydrogens is 396 g/mol. The molecule has 1 N–H and O–H groups in total. The predicted molar refractivity (Wildman–Crippen MR) is 93.9 cm³/mol. The van der Waals surface area contributed by atoms with E-state index in [1.807, 2.05) is 19.1 Å². The van der Waals surface area contributed by atoms with Crippen molar-refractivity contribution in [3.05, 3.63) is 58.1 Å². The van der Waals surface area contributed by atoms with Gasteiger partial charge in [-0.3, -0.25) is 4.79 Å². The topological polar surface area (TPSA) is 47.6 Å². The molecule has 1 amide bonds. The van der Waals surface area contributed by atoms with Crippen molar-refractivity contribution in [3.8, 4) is 11.5 Å². The maximum Gasteiger partial charge on any atom is 0.387 e. The summed E-state index contributed by atoms with van der Waals surface area (Å²) in [5.74, 6) is 0.242. The first-order valence-electron chi connectivity index (χ1n) is 7.59. The highest BCUT2D eigenvalue weighted by Crippen LogP contribution is 2.24. The highest BCUT2D eigenvalue weighted by molar-refractivity contribution is 9.10. The minimum absolute atomic E-state index is 0.0191. The summed E-state index contributed by atoms with van der Waals surface area (Å²) in [5.41, 5.74) is 1.52. The van der Waals surface area contributed by atoms with Crippen LogP contribution in [0.25, 0.3) is 0 Å². The summed E-state index contributed by atoms with van der Waals surface area (Å²) in [6.07, 6.45) is -0.727. The fraction of sp³-hybridized carbons (Fsp3) is 0.278.